The minimum absolute atomic E-state index is 0.375. The molecule has 0 unspecified atom stereocenters. The van der Waals surface area contributed by atoms with Crippen molar-refractivity contribution in [3.8, 4) is 6.07 Å². The van der Waals surface area contributed by atoms with Crippen molar-refractivity contribution in [3.05, 3.63) is 53.2 Å². The molecule has 1 aromatic carbocycles. The largest absolute Gasteiger partial charge is 0.365 e. The Hall–Kier alpha value is -3.12. The Morgan fingerprint density at radius 1 is 1.27 bits per heavy atom. The fraction of sp³-hybridized carbons (Fsp3) is 0.235. The summed E-state index contributed by atoms with van der Waals surface area (Å²) in [4.78, 5) is 15.0. The van der Waals surface area contributed by atoms with E-state index in [1.165, 1.54) is 24.2 Å². The maximum Gasteiger partial charge on any atom is 0.207 e. The van der Waals surface area contributed by atoms with Crippen molar-refractivity contribution in [3.63, 3.8) is 0 Å². The molecule has 4 rings (SSSR count). The van der Waals surface area contributed by atoms with Gasteiger partial charge >= 0.3 is 0 Å². The molecule has 0 saturated heterocycles. The zero-order valence-corrected chi connectivity index (χ0v) is 14.5. The molecule has 2 aromatic heterocycles. The maximum atomic E-state index is 13.2. The van der Waals surface area contributed by atoms with Crippen LogP contribution in [-0.4, -0.2) is 25.9 Å². The number of anilines is 3. The van der Waals surface area contributed by atoms with Gasteiger partial charge in [-0.15, -0.1) is 0 Å². The number of alkyl halides is 1. The van der Waals surface area contributed by atoms with E-state index in [2.05, 4.69) is 29.5 Å². The predicted molar refractivity (Wildman–Crippen MR) is 95.9 cm³/mol. The Balaban J connectivity index is 1.60. The number of benzene rings is 1. The minimum Gasteiger partial charge on any atom is -0.365 e. The zero-order chi connectivity index (χ0) is 17.9. The second-order valence-electron chi connectivity index (χ2n) is 5.78. The summed E-state index contributed by atoms with van der Waals surface area (Å²) in [5, 5.41) is 12.9. The van der Waals surface area contributed by atoms with E-state index in [9.17, 15) is 4.39 Å². The molecule has 7 nitrogen and oxygen atoms in total. The molecule has 26 heavy (non-hydrogen) atoms. The van der Waals surface area contributed by atoms with Gasteiger partial charge in [0.2, 0.25) is 5.13 Å². The number of nitrogens with one attached hydrogen (secondary N) is 1. The summed E-state index contributed by atoms with van der Waals surface area (Å²) in [6.07, 6.45) is 3.77. The molecule has 0 atom stereocenters. The minimum atomic E-state index is -0.654. The standard InChI is InChI=1S/C17H14FN7S/c18-6-12-5-13(2-1-11(12)7-19)25-4-3-14-15(8-25)20-9-21-16(14)24-17-22-10-23-26-17/h1-2,5,9-10H,3-4,6,8H2,(H,20,21,22,23,24). The first-order chi connectivity index (χ1) is 12.8. The quantitative estimate of drug-likeness (QED) is 0.758. The highest BCUT2D eigenvalue weighted by Gasteiger charge is 2.22. The number of nitriles is 1. The average Bonchev–Trinajstić information content (AvgIpc) is 3.20. The van der Waals surface area contributed by atoms with Crippen LogP contribution in [0.3, 0.4) is 0 Å². The van der Waals surface area contributed by atoms with Gasteiger partial charge in [0.1, 0.15) is 25.1 Å². The normalized spacial score (nSPS) is 13.2. The number of fused-ring (bicyclic) bond motifs is 1. The third-order valence-corrected chi connectivity index (χ3v) is 4.89. The second kappa shape index (κ2) is 7.01. The first kappa shape index (κ1) is 16.4. The fourth-order valence-corrected chi connectivity index (χ4v) is 3.44. The van der Waals surface area contributed by atoms with Crippen LogP contribution in [0.4, 0.5) is 21.0 Å². The van der Waals surface area contributed by atoms with Crippen molar-refractivity contribution < 1.29 is 4.39 Å². The lowest BCUT2D eigenvalue weighted by Crippen LogP contribution is -2.31. The molecule has 0 saturated carbocycles. The number of halogens is 1. The van der Waals surface area contributed by atoms with Crippen molar-refractivity contribution in [2.75, 3.05) is 16.8 Å². The van der Waals surface area contributed by atoms with Crippen LogP contribution in [-0.2, 0) is 19.6 Å². The third kappa shape index (κ3) is 3.07. The molecule has 0 fully saturated rings. The summed E-state index contributed by atoms with van der Waals surface area (Å²) in [7, 11) is 0. The van der Waals surface area contributed by atoms with E-state index in [1.54, 1.807) is 12.1 Å². The number of rotatable bonds is 4. The van der Waals surface area contributed by atoms with Crippen LogP contribution in [0, 0.1) is 11.3 Å². The molecule has 0 spiro atoms. The molecule has 0 bridgehead atoms. The highest BCUT2D eigenvalue weighted by atomic mass is 32.1. The maximum absolute atomic E-state index is 13.2. The van der Waals surface area contributed by atoms with Crippen LogP contribution in [0.25, 0.3) is 0 Å². The van der Waals surface area contributed by atoms with Crippen molar-refractivity contribution in [2.45, 2.75) is 19.6 Å². The lowest BCUT2D eigenvalue weighted by Gasteiger charge is -2.31. The van der Waals surface area contributed by atoms with E-state index in [1.807, 2.05) is 12.1 Å². The molecule has 130 valence electrons. The molecule has 0 aliphatic carbocycles. The van der Waals surface area contributed by atoms with Gasteiger partial charge in [-0.1, -0.05) is 0 Å². The number of nitrogens with zero attached hydrogens (tertiary/aromatic N) is 6. The van der Waals surface area contributed by atoms with Crippen LogP contribution < -0.4 is 10.2 Å². The Kier molecular flexibility index (Phi) is 4.41. The Labute approximate surface area is 153 Å². The van der Waals surface area contributed by atoms with Gasteiger partial charge in [-0.3, -0.25) is 0 Å². The first-order valence-corrected chi connectivity index (χ1v) is 8.76. The third-order valence-electron chi connectivity index (χ3n) is 4.31. The Morgan fingerprint density at radius 3 is 2.96 bits per heavy atom. The van der Waals surface area contributed by atoms with Gasteiger partial charge in [0, 0.05) is 34.9 Å². The van der Waals surface area contributed by atoms with Gasteiger partial charge in [-0.25, -0.2) is 19.3 Å². The zero-order valence-electron chi connectivity index (χ0n) is 13.7. The van der Waals surface area contributed by atoms with E-state index in [0.717, 1.165) is 35.7 Å². The highest BCUT2D eigenvalue weighted by molar-refractivity contribution is 7.09. The van der Waals surface area contributed by atoms with Gasteiger partial charge in [-0.05, 0) is 24.6 Å². The lowest BCUT2D eigenvalue weighted by atomic mass is 10.0. The van der Waals surface area contributed by atoms with Gasteiger partial charge in [0.15, 0.2) is 0 Å². The van der Waals surface area contributed by atoms with Gasteiger partial charge in [0.05, 0.1) is 23.9 Å². The average molecular weight is 367 g/mol. The molecular weight excluding hydrogens is 353 g/mol. The fourth-order valence-electron chi connectivity index (χ4n) is 3.01. The van der Waals surface area contributed by atoms with Crippen molar-refractivity contribution in [2.24, 2.45) is 0 Å². The summed E-state index contributed by atoms with van der Waals surface area (Å²) in [5.74, 6) is 0.746. The number of hydrogen-bond acceptors (Lipinski definition) is 8. The number of aromatic nitrogens is 4. The van der Waals surface area contributed by atoms with Crippen LogP contribution in [0.5, 0.6) is 0 Å². The summed E-state index contributed by atoms with van der Waals surface area (Å²) in [6, 6.07) is 7.28. The van der Waals surface area contributed by atoms with Crippen molar-refractivity contribution in [1.82, 2.24) is 19.3 Å². The topological polar surface area (TPSA) is 90.6 Å². The van der Waals surface area contributed by atoms with E-state index < -0.39 is 6.67 Å². The van der Waals surface area contributed by atoms with Gasteiger partial charge in [-0.2, -0.15) is 9.64 Å². The van der Waals surface area contributed by atoms with Crippen LogP contribution in [0.15, 0.2) is 30.9 Å². The first-order valence-electron chi connectivity index (χ1n) is 7.99. The highest BCUT2D eigenvalue weighted by Crippen LogP contribution is 2.29. The predicted octanol–water partition coefficient (Wildman–Crippen LogP) is 2.98. The monoisotopic (exact) mass is 367 g/mol. The van der Waals surface area contributed by atoms with E-state index in [-0.39, 0.29) is 0 Å². The van der Waals surface area contributed by atoms with Crippen molar-refractivity contribution >= 4 is 28.2 Å². The number of hydrogen-bond donors (Lipinski definition) is 1. The van der Waals surface area contributed by atoms with E-state index in [0.29, 0.717) is 22.8 Å². The second-order valence-corrected chi connectivity index (χ2v) is 6.56. The summed E-state index contributed by atoms with van der Waals surface area (Å²) in [6.45, 7) is 0.697. The molecule has 9 heteroatoms. The van der Waals surface area contributed by atoms with Crippen LogP contribution >= 0.6 is 11.5 Å². The Bertz CT molecular complexity index is 968. The molecule has 0 radical (unpaired) electrons. The SMILES string of the molecule is N#Cc1ccc(N2CCc3c(ncnc3Nc3ncns3)C2)cc1CF. The van der Waals surface area contributed by atoms with Crippen molar-refractivity contribution in [1.29, 1.82) is 5.26 Å². The Morgan fingerprint density at radius 2 is 2.19 bits per heavy atom. The summed E-state index contributed by atoms with van der Waals surface area (Å²) < 4.78 is 17.2. The molecule has 3 heterocycles. The summed E-state index contributed by atoms with van der Waals surface area (Å²) >= 11 is 1.27. The molecular formula is C17H14FN7S. The van der Waals surface area contributed by atoms with Crippen LogP contribution in [0.2, 0.25) is 0 Å². The lowest BCUT2D eigenvalue weighted by molar-refractivity contribution is 0.484. The summed E-state index contributed by atoms with van der Waals surface area (Å²) in [5.41, 5.74) is 3.65. The molecule has 1 aliphatic heterocycles. The molecule has 0 amide bonds. The molecule has 3 aromatic rings. The van der Waals surface area contributed by atoms with Crippen LogP contribution in [0.1, 0.15) is 22.4 Å². The van der Waals surface area contributed by atoms with Gasteiger partial charge < -0.3 is 10.2 Å². The van der Waals surface area contributed by atoms with E-state index >= 15 is 0 Å². The molecule has 1 N–H and O–H groups in total. The van der Waals surface area contributed by atoms with E-state index in [4.69, 9.17) is 5.26 Å². The smallest absolute Gasteiger partial charge is 0.207 e. The molecule has 1 aliphatic rings. The van der Waals surface area contributed by atoms with Gasteiger partial charge in [0.25, 0.3) is 0 Å².